The van der Waals surface area contributed by atoms with E-state index in [1.807, 2.05) is 0 Å². The zero-order chi connectivity index (χ0) is 16.9. The van der Waals surface area contributed by atoms with E-state index >= 15 is 0 Å². The van der Waals surface area contributed by atoms with Gasteiger partial charge in [-0.15, -0.1) is 13.2 Å². The summed E-state index contributed by atoms with van der Waals surface area (Å²) in [7, 11) is 0. The Hall–Kier alpha value is -2.97. The first-order valence-corrected chi connectivity index (χ1v) is 6.30. The molecule has 0 atom stereocenters. The van der Waals surface area contributed by atoms with E-state index in [1.165, 1.54) is 24.4 Å². The van der Waals surface area contributed by atoms with Crippen molar-refractivity contribution in [3.8, 4) is 5.75 Å². The minimum Gasteiger partial charge on any atom is -0.451 e. The number of aromatic amines is 1. The van der Waals surface area contributed by atoms with Crippen LogP contribution in [0.25, 0.3) is 0 Å². The maximum absolute atomic E-state index is 12.0. The molecule has 6 nitrogen and oxygen atoms in total. The highest BCUT2D eigenvalue weighted by Gasteiger charge is 2.30. The van der Waals surface area contributed by atoms with E-state index in [0.717, 1.165) is 12.1 Å². The average Bonchev–Trinajstić information content (AvgIpc) is 2.99. The number of carbonyl (C=O) groups excluding carboxylic acids is 2. The Kier molecular flexibility index (Phi) is 4.89. The summed E-state index contributed by atoms with van der Waals surface area (Å²) < 4.78 is 44.5. The molecule has 1 aromatic carbocycles. The van der Waals surface area contributed by atoms with Gasteiger partial charge in [-0.1, -0.05) is 0 Å². The standard InChI is InChI=1S/C14H11F3N2O4/c15-14(16,17)23-10-5-3-9(4-6-10)19-12(20)8-22-13(21)11-2-1-7-18-11/h1-7,18H,8H2,(H,19,20). The predicted molar refractivity (Wildman–Crippen MR) is 72.8 cm³/mol. The molecule has 0 saturated carbocycles. The van der Waals surface area contributed by atoms with E-state index in [1.54, 1.807) is 6.07 Å². The Balaban J connectivity index is 1.82. The average molecular weight is 328 g/mol. The summed E-state index contributed by atoms with van der Waals surface area (Å²) in [5.74, 6) is -1.73. The van der Waals surface area contributed by atoms with Crippen molar-refractivity contribution in [3.05, 3.63) is 48.3 Å². The number of hydrogen-bond donors (Lipinski definition) is 2. The zero-order valence-electron chi connectivity index (χ0n) is 11.5. The van der Waals surface area contributed by atoms with Crippen LogP contribution in [-0.4, -0.2) is 29.8 Å². The molecular formula is C14H11F3N2O4. The van der Waals surface area contributed by atoms with Gasteiger partial charge in [-0.25, -0.2) is 4.79 Å². The number of H-pyrrole nitrogens is 1. The van der Waals surface area contributed by atoms with Crippen molar-refractivity contribution < 1.29 is 32.2 Å². The minimum atomic E-state index is -4.78. The van der Waals surface area contributed by atoms with Crippen LogP contribution in [0.2, 0.25) is 0 Å². The molecule has 2 aromatic rings. The smallest absolute Gasteiger partial charge is 0.451 e. The van der Waals surface area contributed by atoms with Gasteiger partial charge in [0.15, 0.2) is 6.61 Å². The van der Waals surface area contributed by atoms with Crippen LogP contribution in [0.4, 0.5) is 18.9 Å². The monoisotopic (exact) mass is 328 g/mol. The number of rotatable bonds is 5. The van der Waals surface area contributed by atoms with Crippen LogP contribution < -0.4 is 10.1 Å². The third-order valence-electron chi connectivity index (χ3n) is 2.52. The minimum absolute atomic E-state index is 0.200. The third kappa shape index (κ3) is 5.38. The molecule has 0 aliphatic rings. The number of aromatic nitrogens is 1. The molecule has 122 valence electrons. The molecule has 1 amide bonds. The fraction of sp³-hybridized carbons (Fsp3) is 0.143. The van der Waals surface area contributed by atoms with Gasteiger partial charge in [0.1, 0.15) is 11.4 Å². The zero-order valence-corrected chi connectivity index (χ0v) is 11.5. The number of ether oxygens (including phenoxy) is 2. The van der Waals surface area contributed by atoms with Gasteiger partial charge in [-0.2, -0.15) is 0 Å². The van der Waals surface area contributed by atoms with Gasteiger partial charge in [0.25, 0.3) is 5.91 Å². The highest BCUT2D eigenvalue weighted by Crippen LogP contribution is 2.23. The Morgan fingerprint density at radius 2 is 1.83 bits per heavy atom. The lowest BCUT2D eigenvalue weighted by Gasteiger charge is -2.10. The van der Waals surface area contributed by atoms with E-state index in [9.17, 15) is 22.8 Å². The Morgan fingerprint density at radius 3 is 2.39 bits per heavy atom. The maximum Gasteiger partial charge on any atom is 0.573 e. The van der Waals surface area contributed by atoms with Crippen molar-refractivity contribution in [3.63, 3.8) is 0 Å². The van der Waals surface area contributed by atoms with E-state index in [0.29, 0.717) is 0 Å². The van der Waals surface area contributed by atoms with Gasteiger partial charge >= 0.3 is 12.3 Å². The van der Waals surface area contributed by atoms with Gasteiger partial charge in [0.05, 0.1) is 0 Å². The second kappa shape index (κ2) is 6.86. The molecule has 0 aliphatic heterocycles. The molecule has 0 bridgehead atoms. The SMILES string of the molecule is O=C(COC(=O)c1ccc[nH]1)Nc1ccc(OC(F)(F)F)cc1. The van der Waals surface area contributed by atoms with Crippen LogP contribution in [0.5, 0.6) is 5.75 Å². The molecule has 0 aliphatic carbocycles. The normalized spacial score (nSPS) is 10.9. The van der Waals surface area contributed by atoms with E-state index < -0.39 is 30.6 Å². The van der Waals surface area contributed by atoms with Crippen molar-refractivity contribution in [2.75, 3.05) is 11.9 Å². The van der Waals surface area contributed by atoms with Crippen LogP contribution in [-0.2, 0) is 9.53 Å². The Bertz CT molecular complexity index is 666. The lowest BCUT2D eigenvalue weighted by atomic mass is 10.3. The number of carbonyl (C=O) groups is 2. The topological polar surface area (TPSA) is 80.4 Å². The lowest BCUT2D eigenvalue weighted by molar-refractivity contribution is -0.274. The van der Waals surface area contributed by atoms with E-state index in [-0.39, 0.29) is 11.4 Å². The van der Waals surface area contributed by atoms with E-state index in [2.05, 4.69) is 15.0 Å². The summed E-state index contributed by atoms with van der Waals surface area (Å²) in [5.41, 5.74) is 0.437. The number of hydrogen-bond acceptors (Lipinski definition) is 4. The largest absolute Gasteiger partial charge is 0.573 e. The Morgan fingerprint density at radius 1 is 1.13 bits per heavy atom. The van der Waals surface area contributed by atoms with Crippen LogP contribution >= 0.6 is 0 Å². The number of esters is 1. The molecule has 2 rings (SSSR count). The van der Waals surface area contributed by atoms with Gasteiger partial charge < -0.3 is 19.8 Å². The highest BCUT2D eigenvalue weighted by molar-refractivity contribution is 5.94. The van der Waals surface area contributed by atoms with Crippen molar-refractivity contribution in [2.24, 2.45) is 0 Å². The third-order valence-corrected chi connectivity index (χ3v) is 2.52. The fourth-order valence-electron chi connectivity index (χ4n) is 1.60. The van der Waals surface area contributed by atoms with Crippen LogP contribution in [0, 0.1) is 0 Å². The first kappa shape index (κ1) is 16.4. The van der Waals surface area contributed by atoms with Gasteiger partial charge in [-0.3, -0.25) is 4.79 Å². The molecule has 9 heteroatoms. The van der Waals surface area contributed by atoms with Crippen molar-refractivity contribution in [1.29, 1.82) is 0 Å². The summed E-state index contributed by atoms with van der Waals surface area (Å²) in [4.78, 5) is 25.7. The first-order chi connectivity index (χ1) is 10.8. The lowest BCUT2D eigenvalue weighted by Crippen LogP contribution is -2.21. The summed E-state index contributed by atoms with van der Waals surface area (Å²) >= 11 is 0. The molecule has 0 spiro atoms. The van der Waals surface area contributed by atoms with Gasteiger partial charge in [0.2, 0.25) is 0 Å². The highest BCUT2D eigenvalue weighted by atomic mass is 19.4. The number of amides is 1. The quantitative estimate of drug-likeness (QED) is 0.827. The number of benzene rings is 1. The summed E-state index contributed by atoms with van der Waals surface area (Å²) in [6.45, 7) is -0.529. The van der Waals surface area contributed by atoms with Crippen molar-refractivity contribution >= 4 is 17.6 Å². The van der Waals surface area contributed by atoms with Crippen LogP contribution in [0.1, 0.15) is 10.5 Å². The fourth-order valence-corrected chi connectivity index (χ4v) is 1.60. The molecule has 1 heterocycles. The predicted octanol–water partition coefficient (Wildman–Crippen LogP) is 2.71. The van der Waals surface area contributed by atoms with Crippen molar-refractivity contribution in [2.45, 2.75) is 6.36 Å². The summed E-state index contributed by atoms with van der Waals surface area (Å²) in [5, 5.41) is 2.37. The number of alkyl halides is 3. The van der Waals surface area contributed by atoms with E-state index in [4.69, 9.17) is 4.74 Å². The maximum atomic E-state index is 12.0. The number of anilines is 1. The van der Waals surface area contributed by atoms with Crippen molar-refractivity contribution in [1.82, 2.24) is 4.98 Å². The first-order valence-electron chi connectivity index (χ1n) is 6.30. The van der Waals surface area contributed by atoms with Crippen LogP contribution in [0.3, 0.4) is 0 Å². The second-order valence-electron chi connectivity index (χ2n) is 4.28. The number of nitrogens with one attached hydrogen (secondary N) is 2. The molecule has 0 radical (unpaired) electrons. The van der Waals surface area contributed by atoms with Crippen LogP contribution in [0.15, 0.2) is 42.6 Å². The molecule has 0 saturated heterocycles. The summed E-state index contributed by atoms with van der Waals surface area (Å²) in [6.07, 6.45) is -3.25. The molecular weight excluding hydrogens is 317 g/mol. The Labute approximate surface area is 128 Å². The van der Waals surface area contributed by atoms with Gasteiger partial charge in [0, 0.05) is 11.9 Å². The number of halogens is 3. The summed E-state index contributed by atoms with van der Waals surface area (Å²) in [6, 6.07) is 7.64. The molecule has 0 fully saturated rings. The molecule has 0 unspecified atom stereocenters. The molecule has 1 aromatic heterocycles. The molecule has 2 N–H and O–H groups in total. The van der Waals surface area contributed by atoms with Gasteiger partial charge in [-0.05, 0) is 36.4 Å². The second-order valence-corrected chi connectivity index (χ2v) is 4.28. The molecule has 23 heavy (non-hydrogen) atoms.